The number of phenols is 1. The predicted molar refractivity (Wildman–Crippen MR) is 176 cm³/mol. The highest BCUT2D eigenvalue weighted by molar-refractivity contribution is 7.86. The highest BCUT2D eigenvalue weighted by Gasteiger charge is 2.20. The van der Waals surface area contributed by atoms with Crippen molar-refractivity contribution >= 4 is 91.1 Å². The summed E-state index contributed by atoms with van der Waals surface area (Å²) >= 11 is 0. The van der Waals surface area contributed by atoms with Gasteiger partial charge in [-0.05, 0) is 76.8 Å². The van der Waals surface area contributed by atoms with Gasteiger partial charge in [0, 0.05) is 21.8 Å². The fourth-order valence-corrected chi connectivity index (χ4v) is 6.67. The predicted octanol–water partition coefficient (Wildman–Crippen LogP) is 7.00. The van der Waals surface area contributed by atoms with Gasteiger partial charge < -0.3 is 10.8 Å². The third-order valence-electron chi connectivity index (χ3n) is 7.26. The quantitative estimate of drug-likeness (QED) is 0.0640. The third kappa shape index (κ3) is 6.30. The van der Waals surface area contributed by atoms with E-state index in [4.69, 9.17) is 5.73 Å². The van der Waals surface area contributed by atoms with E-state index >= 15 is 0 Å². The Morgan fingerprint density at radius 3 is 1.81 bits per heavy atom. The highest BCUT2D eigenvalue weighted by atomic mass is 32.2. The van der Waals surface area contributed by atoms with Crippen LogP contribution in [-0.4, -0.2) is 44.0 Å². The standard InChI is InChI=1S/C30H21N5O10S3/c31-23-3-1-2-16-5-11-27(36)30(29(16)23)35-33-25-10-9-24(21-8-7-20(15-22(21)25)47(40,41)42)32-34-26-13-17-4-6-19(46(37,38)39)12-18(17)14-28(26)48(43,44)45/h1-15,36H,31H2,(H,37,38,39)(H,40,41,42)(H,43,44,45)/b34-32+,35-33+. The molecule has 6 rings (SSSR count). The second-order valence-electron chi connectivity index (χ2n) is 10.3. The molecule has 6 aromatic rings. The molecule has 6 aromatic carbocycles. The molecule has 0 saturated carbocycles. The first kappa shape index (κ1) is 32.6. The number of hydrogen-bond donors (Lipinski definition) is 5. The van der Waals surface area contributed by atoms with Crippen LogP contribution >= 0.6 is 0 Å². The Bertz CT molecular complexity index is 2730. The minimum Gasteiger partial charge on any atom is -0.506 e. The number of rotatable bonds is 7. The van der Waals surface area contributed by atoms with Crippen LogP contribution in [0.2, 0.25) is 0 Å². The number of hydrogen-bond acceptors (Lipinski definition) is 12. The minimum absolute atomic E-state index is 0.0474. The van der Waals surface area contributed by atoms with Crippen LogP contribution in [0.4, 0.5) is 28.4 Å². The van der Waals surface area contributed by atoms with Crippen molar-refractivity contribution in [2.75, 3.05) is 5.73 Å². The number of azo groups is 2. The summed E-state index contributed by atoms with van der Waals surface area (Å²) in [6, 6.07) is 20.1. The fourth-order valence-electron chi connectivity index (χ4n) is 5.01. The van der Waals surface area contributed by atoms with Crippen molar-refractivity contribution in [3.05, 3.63) is 91.0 Å². The Balaban J connectivity index is 1.51. The number of nitrogens with two attached hydrogens (primary N) is 1. The molecule has 18 heteroatoms. The van der Waals surface area contributed by atoms with E-state index < -0.39 is 45.0 Å². The lowest BCUT2D eigenvalue weighted by Crippen LogP contribution is -2.00. The van der Waals surface area contributed by atoms with Gasteiger partial charge in [0.25, 0.3) is 30.4 Å². The van der Waals surface area contributed by atoms with Gasteiger partial charge >= 0.3 is 0 Å². The summed E-state index contributed by atoms with van der Waals surface area (Å²) in [6.07, 6.45) is 0. The van der Waals surface area contributed by atoms with Crippen LogP contribution in [-0.2, 0) is 30.4 Å². The van der Waals surface area contributed by atoms with Crippen molar-refractivity contribution in [2.45, 2.75) is 14.7 Å². The monoisotopic (exact) mass is 707 g/mol. The molecule has 0 aliphatic rings. The van der Waals surface area contributed by atoms with E-state index in [0.29, 0.717) is 21.8 Å². The molecule has 0 radical (unpaired) electrons. The van der Waals surface area contributed by atoms with E-state index in [2.05, 4.69) is 20.5 Å². The van der Waals surface area contributed by atoms with Crippen molar-refractivity contribution < 1.29 is 44.0 Å². The van der Waals surface area contributed by atoms with Gasteiger partial charge in [-0.2, -0.15) is 25.3 Å². The maximum atomic E-state index is 12.3. The van der Waals surface area contributed by atoms with E-state index in [-0.39, 0.29) is 44.7 Å². The molecule has 0 bridgehead atoms. The molecule has 0 aliphatic heterocycles. The smallest absolute Gasteiger partial charge is 0.296 e. The van der Waals surface area contributed by atoms with Crippen LogP contribution < -0.4 is 5.73 Å². The summed E-state index contributed by atoms with van der Waals surface area (Å²) in [5.74, 6) is -0.225. The molecule has 0 fully saturated rings. The van der Waals surface area contributed by atoms with Crippen LogP contribution in [0, 0.1) is 0 Å². The molecular weight excluding hydrogens is 687 g/mol. The normalized spacial score (nSPS) is 13.0. The number of fused-ring (bicyclic) bond motifs is 3. The van der Waals surface area contributed by atoms with Crippen LogP contribution in [0.5, 0.6) is 5.75 Å². The van der Waals surface area contributed by atoms with E-state index in [9.17, 15) is 44.0 Å². The van der Waals surface area contributed by atoms with Crippen molar-refractivity contribution in [3.8, 4) is 5.75 Å². The van der Waals surface area contributed by atoms with Gasteiger partial charge in [0.15, 0.2) is 0 Å². The Kier molecular flexibility index (Phi) is 7.94. The molecule has 0 spiro atoms. The number of nitrogens with zero attached hydrogens (tertiary/aromatic N) is 4. The highest BCUT2D eigenvalue weighted by Crippen LogP contribution is 2.42. The van der Waals surface area contributed by atoms with E-state index in [0.717, 1.165) is 30.3 Å². The molecule has 0 aliphatic carbocycles. The Morgan fingerprint density at radius 2 is 1.12 bits per heavy atom. The first-order chi connectivity index (χ1) is 22.5. The van der Waals surface area contributed by atoms with E-state index in [1.54, 1.807) is 24.3 Å². The average molecular weight is 708 g/mol. The van der Waals surface area contributed by atoms with E-state index in [1.165, 1.54) is 36.4 Å². The molecule has 15 nitrogen and oxygen atoms in total. The molecule has 0 amide bonds. The first-order valence-corrected chi connectivity index (χ1v) is 17.7. The largest absolute Gasteiger partial charge is 0.506 e. The summed E-state index contributed by atoms with van der Waals surface area (Å²) in [5, 5.41) is 28.9. The number of benzene rings is 6. The van der Waals surface area contributed by atoms with Crippen LogP contribution in [0.15, 0.2) is 126 Å². The second kappa shape index (κ2) is 11.7. The molecule has 0 aromatic heterocycles. The number of anilines is 1. The van der Waals surface area contributed by atoms with Gasteiger partial charge in [0.05, 0.1) is 21.2 Å². The summed E-state index contributed by atoms with van der Waals surface area (Å²) in [7, 11) is -14.2. The maximum absolute atomic E-state index is 12.3. The van der Waals surface area contributed by atoms with Crippen molar-refractivity contribution in [2.24, 2.45) is 20.5 Å². The minimum atomic E-state index is -4.92. The summed E-state index contributed by atoms with van der Waals surface area (Å²) in [5.41, 5.74) is 6.32. The molecule has 48 heavy (non-hydrogen) atoms. The molecule has 244 valence electrons. The molecule has 0 heterocycles. The third-order valence-corrected chi connectivity index (χ3v) is 9.84. The Morgan fingerprint density at radius 1 is 0.521 bits per heavy atom. The van der Waals surface area contributed by atoms with Crippen LogP contribution in [0.3, 0.4) is 0 Å². The maximum Gasteiger partial charge on any atom is 0.296 e. The first-order valence-electron chi connectivity index (χ1n) is 13.4. The lowest BCUT2D eigenvalue weighted by molar-refractivity contribution is 0.477. The zero-order chi connectivity index (χ0) is 34.6. The van der Waals surface area contributed by atoms with Crippen LogP contribution in [0.1, 0.15) is 0 Å². The van der Waals surface area contributed by atoms with E-state index in [1.807, 2.05) is 0 Å². The van der Waals surface area contributed by atoms with Gasteiger partial charge in [-0.1, -0.05) is 30.3 Å². The molecule has 0 saturated heterocycles. The van der Waals surface area contributed by atoms with Crippen molar-refractivity contribution in [1.29, 1.82) is 0 Å². The topological polar surface area (TPSA) is 259 Å². The average Bonchev–Trinajstić information content (AvgIpc) is 3.01. The Labute approximate surface area is 272 Å². The van der Waals surface area contributed by atoms with Gasteiger partial charge in [-0.3, -0.25) is 13.7 Å². The SMILES string of the molecule is Nc1cccc2ccc(O)c(/N=N/c3ccc(/N=N/c4cc5ccc(S(=O)(=O)O)cc5cc4S(=O)(=O)O)c4ccc(S(=O)(=O)O)cc34)c12. The number of phenolic OH excluding ortho intramolecular Hbond substituents is 1. The molecular formula is C30H21N5O10S3. The number of nitrogen functional groups attached to an aromatic ring is 1. The van der Waals surface area contributed by atoms with Crippen LogP contribution in [0.25, 0.3) is 32.3 Å². The van der Waals surface area contributed by atoms with Gasteiger partial charge in [-0.15, -0.1) is 20.5 Å². The summed E-state index contributed by atoms with van der Waals surface area (Å²) < 4.78 is 101. The van der Waals surface area contributed by atoms with Gasteiger partial charge in [0.2, 0.25) is 0 Å². The molecule has 0 unspecified atom stereocenters. The molecule has 6 N–H and O–H groups in total. The lowest BCUT2D eigenvalue weighted by atomic mass is 10.1. The van der Waals surface area contributed by atoms with Gasteiger partial charge in [-0.25, -0.2) is 0 Å². The summed E-state index contributed by atoms with van der Waals surface area (Å²) in [4.78, 5) is -1.70. The fraction of sp³-hybridized carbons (Fsp3) is 0. The molecule has 0 atom stereocenters. The zero-order valence-corrected chi connectivity index (χ0v) is 26.4. The second-order valence-corrected chi connectivity index (χ2v) is 14.6. The van der Waals surface area contributed by atoms with Crippen molar-refractivity contribution in [3.63, 3.8) is 0 Å². The zero-order valence-electron chi connectivity index (χ0n) is 24.0. The Hall–Kier alpha value is -5.37. The summed E-state index contributed by atoms with van der Waals surface area (Å²) in [6.45, 7) is 0. The van der Waals surface area contributed by atoms with Crippen molar-refractivity contribution in [1.82, 2.24) is 0 Å². The van der Waals surface area contributed by atoms with Gasteiger partial charge in [0.1, 0.15) is 22.0 Å². The number of aromatic hydroxyl groups is 1. The lowest BCUT2D eigenvalue weighted by Gasteiger charge is -2.09.